The number of anilines is 1. The first-order chi connectivity index (χ1) is 11.7. The highest BCUT2D eigenvalue weighted by Crippen LogP contribution is 2.27. The highest BCUT2D eigenvalue weighted by Gasteiger charge is 2.36. The van der Waals surface area contributed by atoms with Crippen LogP contribution in [-0.4, -0.2) is 11.8 Å². The monoisotopic (exact) mass is 398 g/mol. The molecule has 0 saturated carbocycles. The molecule has 0 radical (unpaired) electrons. The molecule has 2 rings (SSSR count). The van der Waals surface area contributed by atoms with Crippen molar-refractivity contribution in [3.05, 3.63) is 63.1 Å². The van der Waals surface area contributed by atoms with Gasteiger partial charge in [0.1, 0.15) is 5.41 Å². The maximum atomic E-state index is 12.5. The van der Waals surface area contributed by atoms with Crippen molar-refractivity contribution in [2.24, 2.45) is 5.41 Å². The fraction of sp³-hybridized carbons (Fsp3) is 0.222. The second kappa shape index (κ2) is 8.09. The van der Waals surface area contributed by atoms with E-state index in [1.807, 2.05) is 12.1 Å². The summed E-state index contributed by atoms with van der Waals surface area (Å²) >= 11 is 17.9. The molecule has 0 heterocycles. The van der Waals surface area contributed by atoms with E-state index in [1.54, 1.807) is 24.3 Å². The first-order valence-electron chi connectivity index (χ1n) is 7.50. The predicted octanol–water partition coefficient (Wildman–Crippen LogP) is 4.93. The Morgan fingerprint density at radius 3 is 2.28 bits per heavy atom. The van der Waals surface area contributed by atoms with E-state index in [9.17, 15) is 9.59 Å². The van der Waals surface area contributed by atoms with E-state index in [4.69, 9.17) is 34.8 Å². The van der Waals surface area contributed by atoms with Crippen LogP contribution in [0.15, 0.2) is 42.5 Å². The van der Waals surface area contributed by atoms with Crippen molar-refractivity contribution < 1.29 is 9.59 Å². The zero-order valence-electron chi connectivity index (χ0n) is 13.7. The van der Waals surface area contributed by atoms with Gasteiger partial charge in [0, 0.05) is 16.6 Å². The van der Waals surface area contributed by atoms with E-state index in [0.717, 1.165) is 5.56 Å². The number of carbonyl (C=O) groups excluding carboxylic acids is 2. The molecule has 0 atom stereocenters. The molecule has 0 fully saturated rings. The lowest BCUT2D eigenvalue weighted by Gasteiger charge is -2.23. The summed E-state index contributed by atoms with van der Waals surface area (Å²) in [5.41, 5.74) is -0.137. The van der Waals surface area contributed by atoms with Gasteiger partial charge in [-0.05, 0) is 43.7 Å². The van der Waals surface area contributed by atoms with Crippen LogP contribution in [0.1, 0.15) is 19.4 Å². The predicted molar refractivity (Wildman–Crippen MR) is 102 cm³/mol. The molecule has 132 valence electrons. The minimum Gasteiger partial charge on any atom is -0.351 e. The fourth-order valence-electron chi connectivity index (χ4n) is 2.01. The van der Waals surface area contributed by atoms with Gasteiger partial charge in [0.15, 0.2) is 0 Å². The summed E-state index contributed by atoms with van der Waals surface area (Å²) in [7, 11) is 0. The van der Waals surface area contributed by atoms with Gasteiger partial charge in [-0.25, -0.2) is 0 Å². The highest BCUT2D eigenvalue weighted by atomic mass is 35.5. The third kappa shape index (κ3) is 4.88. The summed E-state index contributed by atoms with van der Waals surface area (Å²) in [6, 6.07) is 11.9. The van der Waals surface area contributed by atoms with E-state index in [2.05, 4.69) is 10.6 Å². The number of halogens is 3. The summed E-state index contributed by atoms with van der Waals surface area (Å²) < 4.78 is 0. The fourth-order valence-corrected chi connectivity index (χ4v) is 2.67. The molecule has 0 saturated heterocycles. The maximum Gasteiger partial charge on any atom is 0.239 e. The molecule has 2 N–H and O–H groups in total. The van der Waals surface area contributed by atoms with Gasteiger partial charge >= 0.3 is 0 Å². The smallest absolute Gasteiger partial charge is 0.239 e. The molecule has 0 bridgehead atoms. The Hall–Kier alpha value is -1.75. The largest absolute Gasteiger partial charge is 0.351 e. The molecule has 0 aliphatic rings. The normalized spacial score (nSPS) is 11.1. The summed E-state index contributed by atoms with van der Waals surface area (Å²) in [6.07, 6.45) is 0. The molecule has 0 spiro atoms. The van der Waals surface area contributed by atoms with E-state index in [1.165, 1.54) is 19.9 Å². The molecule has 2 amide bonds. The quantitative estimate of drug-likeness (QED) is 0.701. The molecule has 2 aromatic rings. The van der Waals surface area contributed by atoms with E-state index in [-0.39, 0.29) is 6.54 Å². The van der Waals surface area contributed by atoms with Crippen LogP contribution in [0, 0.1) is 5.41 Å². The van der Waals surface area contributed by atoms with Crippen molar-refractivity contribution >= 4 is 52.3 Å². The Bertz CT molecular complexity index is 807. The zero-order chi connectivity index (χ0) is 18.6. The lowest BCUT2D eigenvalue weighted by atomic mass is 9.90. The summed E-state index contributed by atoms with van der Waals surface area (Å²) in [5.74, 6) is -0.900. The van der Waals surface area contributed by atoms with Gasteiger partial charge in [0.2, 0.25) is 11.8 Å². The van der Waals surface area contributed by atoms with Crippen molar-refractivity contribution in [3.8, 4) is 0 Å². The highest BCUT2D eigenvalue weighted by molar-refractivity contribution is 6.36. The molecule has 0 aliphatic carbocycles. The molecule has 25 heavy (non-hydrogen) atoms. The van der Waals surface area contributed by atoms with Gasteiger partial charge < -0.3 is 10.6 Å². The average molecular weight is 400 g/mol. The Labute approximate surface area is 161 Å². The van der Waals surface area contributed by atoms with Gasteiger partial charge in [-0.1, -0.05) is 53.0 Å². The number of amides is 2. The molecule has 2 aromatic carbocycles. The van der Waals surface area contributed by atoms with Gasteiger partial charge in [-0.3, -0.25) is 9.59 Å². The third-order valence-electron chi connectivity index (χ3n) is 3.71. The Balaban J connectivity index is 2.04. The van der Waals surface area contributed by atoms with Crippen LogP contribution in [0.5, 0.6) is 0 Å². The maximum absolute atomic E-state index is 12.5. The number of hydrogen-bond donors (Lipinski definition) is 2. The van der Waals surface area contributed by atoms with E-state index >= 15 is 0 Å². The van der Waals surface area contributed by atoms with Crippen LogP contribution >= 0.6 is 34.8 Å². The molecular weight excluding hydrogens is 383 g/mol. The second-order valence-corrected chi connectivity index (χ2v) is 7.23. The molecule has 0 unspecified atom stereocenters. The average Bonchev–Trinajstić information content (AvgIpc) is 2.56. The first-order valence-corrected chi connectivity index (χ1v) is 8.63. The van der Waals surface area contributed by atoms with Crippen LogP contribution < -0.4 is 10.6 Å². The third-order valence-corrected chi connectivity index (χ3v) is 4.63. The van der Waals surface area contributed by atoms with E-state index in [0.29, 0.717) is 20.8 Å². The first kappa shape index (κ1) is 19.6. The standard InChI is InChI=1S/C18H17Cl3N2O2/c1-18(2,16(24)22-10-11-5-3-4-6-13(11)20)17(25)23-15-8-7-12(19)9-14(15)21/h3-9H,10H2,1-2H3,(H,22,24)(H,23,25). The molecule has 7 heteroatoms. The topological polar surface area (TPSA) is 58.2 Å². The number of nitrogens with one attached hydrogen (secondary N) is 2. The molecular formula is C18H17Cl3N2O2. The Morgan fingerprint density at radius 1 is 0.960 bits per heavy atom. The summed E-state index contributed by atoms with van der Waals surface area (Å²) in [6.45, 7) is 3.30. The van der Waals surface area contributed by atoms with Gasteiger partial charge in [0.25, 0.3) is 0 Å². The Morgan fingerprint density at radius 2 is 1.64 bits per heavy atom. The zero-order valence-corrected chi connectivity index (χ0v) is 16.0. The van der Waals surface area contributed by atoms with Crippen molar-refractivity contribution in [1.82, 2.24) is 5.32 Å². The number of benzene rings is 2. The number of rotatable bonds is 5. The van der Waals surface area contributed by atoms with Crippen molar-refractivity contribution in [2.45, 2.75) is 20.4 Å². The van der Waals surface area contributed by atoms with Crippen LogP contribution in [-0.2, 0) is 16.1 Å². The summed E-state index contributed by atoms with van der Waals surface area (Å²) in [4.78, 5) is 25.0. The van der Waals surface area contributed by atoms with Gasteiger partial charge in [0.05, 0.1) is 10.7 Å². The van der Waals surface area contributed by atoms with E-state index < -0.39 is 17.2 Å². The van der Waals surface area contributed by atoms with Crippen LogP contribution in [0.2, 0.25) is 15.1 Å². The molecule has 4 nitrogen and oxygen atoms in total. The number of carbonyl (C=O) groups is 2. The summed E-state index contributed by atoms with van der Waals surface area (Å²) in [5, 5.41) is 6.69. The van der Waals surface area contributed by atoms with Crippen LogP contribution in [0.3, 0.4) is 0 Å². The lowest BCUT2D eigenvalue weighted by Crippen LogP contribution is -2.44. The van der Waals surface area contributed by atoms with Gasteiger partial charge in [-0.2, -0.15) is 0 Å². The second-order valence-electron chi connectivity index (χ2n) is 5.98. The lowest BCUT2D eigenvalue weighted by molar-refractivity contribution is -0.138. The van der Waals surface area contributed by atoms with Crippen molar-refractivity contribution in [2.75, 3.05) is 5.32 Å². The minimum atomic E-state index is -1.30. The minimum absolute atomic E-state index is 0.233. The molecule has 0 aliphatic heterocycles. The van der Waals surface area contributed by atoms with Crippen molar-refractivity contribution in [1.29, 1.82) is 0 Å². The van der Waals surface area contributed by atoms with Gasteiger partial charge in [-0.15, -0.1) is 0 Å². The SMILES string of the molecule is CC(C)(C(=O)NCc1ccccc1Cl)C(=O)Nc1ccc(Cl)cc1Cl. The number of hydrogen-bond acceptors (Lipinski definition) is 2. The van der Waals surface area contributed by atoms with Crippen LogP contribution in [0.4, 0.5) is 5.69 Å². The van der Waals surface area contributed by atoms with Crippen molar-refractivity contribution in [3.63, 3.8) is 0 Å². The van der Waals surface area contributed by atoms with Crippen LogP contribution in [0.25, 0.3) is 0 Å². The Kier molecular flexibility index (Phi) is 6.33. The molecule has 0 aromatic heterocycles.